The summed E-state index contributed by atoms with van der Waals surface area (Å²) in [5.41, 5.74) is 0.150. The molecule has 27 heavy (non-hydrogen) atoms. The highest BCUT2D eigenvalue weighted by Gasteiger charge is 2.27. The Labute approximate surface area is 168 Å². The molecule has 1 heterocycles. The molecule has 5 nitrogen and oxygen atoms in total. The van der Waals surface area contributed by atoms with Gasteiger partial charge in [0.2, 0.25) is 0 Å². The van der Waals surface area contributed by atoms with Gasteiger partial charge in [-0.05, 0) is 56.5 Å². The molecule has 6 heteroatoms. The van der Waals surface area contributed by atoms with Crippen molar-refractivity contribution in [2.75, 3.05) is 13.1 Å². The smallest absolute Gasteiger partial charge is 0.407 e. The number of amides is 2. The van der Waals surface area contributed by atoms with Gasteiger partial charge in [0.25, 0.3) is 5.91 Å². The standard InChI is InChI=1S/C21H25BrN2O3/c1-21(2,3)27-20(26)23-14-7-6-12-24(13-14)19(25)17-10-4-9-16-15(17)8-5-11-18(16)22/h4-5,8-11,14H,6-7,12-13H2,1-3H3,(H,23,26)/t14-/m0/s1. The zero-order valence-electron chi connectivity index (χ0n) is 15.9. The molecule has 3 rings (SSSR count). The monoisotopic (exact) mass is 432 g/mol. The second kappa shape index (κ2) is 7.89. The molecule has 2 amide bonds. The predicted octanol–water partition coefficient (Wildman–Crippen LogP) is 4.73. The summed E-state index contributed by atoms with van der Waals surface area (Å²) in [5.74, 6) is -0.00520. The van der Waals surface area contributed by atoms with E-state index >= 15 is 0 Å². The van der Waals surface area contributed by atoms with Crippen molar-refractivity contribution < 1.29 is 14.3 Å². The molecular formula is C21H25BrN2O3. The topological polar surface area (TPSA) is 58.6 Å². The van der Waals surface area contributed by atoms with Crippen LogP contribution >= 0.6 is 15.9 Å². The van der Waals surface area contributed by atoms with Crippen LogP contribution in [-0.4, -0.2) is 41.6 Å². The normalized spacial score (nSPS) is 17.6. The molecule has 0 radical (unpaired) electrons. The van der Waals surface area contributed by atoms with E-state index in [4.69, 9.17) is 4.74 Å². The first-order chi connectivity index (χ1) is 12.7. The molecule has 1 aliphatic rings. The predicted molar refractivity (Wildman–Crippen MR) is 110 cm³/mol. The number of halogens is 1. The van der Waals surface area contributed by atoms with Gasteiger partial charge < -0.3 is 15.0 Å². The average Bonchev–Trinajstić information content (AvgIpc) is 2.59. The molecule has 0 aliphatic carbocycles. The molecule has 0 aromatic heterocycles. The maximum Gasteiger partial charge on any atom is 0.407 e. The molecule has 0 unspecified atom stereocenters. The van der Waals surface area contributed by atoms with Crippen molar-refractivity contribution in [3.05, 3.63) is 46.4 Å². The van der Waals surface area contributed by atoms with E-state index in [1.54, 1.807) is 0 Å². The minimum atomic E-state index is -0.537. The van der Waals surface area contributed by atoms with Gasteiger partial charge in [-0.3, -0.25) is 4.79 Å². The summed E-state index contributed by atoms with van der Waals surface area (Å²) in [6.07, 6.45) is 1.25. The number of hydrogen-bond donors (Lipinski definition) is 1. The summed E-state index contributed by atoms with van der Waals surface area (Å²) in [5, 5.41) is 4.84. The van der Waals surface area contributed by atoms with Crippen molar-refractivity contribution in [1.29, 1.82) is 0 Å². The first kappa shape index (κ1) is 19.7. The summed E-state index contributed by atoms with van der Waals surface area (Å²) in [6, 6.07) is 11.5. The van der Waals surface area contributed by atoms with Crippen LogP contribution in [0.4, 0.5) is 4.79 Å². The van der Waals surface area contributed by atoms with E-state index < -0.39 is 11.7 Å². The van der Waals surface area contributed by atoms with Gasteiger partial charge in [-0.25, -0.2) is 4.79 Å². The summed E-state index contributed by atoms with van der Waals surface area (Å²) in [6.45, 7) is 6.68. The highest BCUT2D eigenvalue weighted by molar-refractivity contribution is 9.10. The molecule has 1 fully saturated rings. The number of nitrogens with one attached hydrogen (secondary N) is 1. The Morgan fingerprint density at radius 1 is 1.15 bits per heavy atom. The van der Waals surface area contributed by atoms with Crippen LogP contribution < -0.4 is 5.32 Å². The van der Waals surface area contributed by atoms with Crippen molar-refractivity contribution in [3.8, 4) is 0 Å². The van der Waals surface area contributed by atoms with Crippen molar-refractivity contribution in [3.63, 3.8) is 0 Å². The second-order valence-electron chi connectivity index (χ2n) is 7.88. The number of piperidine rings is 1. The van der Waals surface area contributed by atoms with Crippen molar-refractivity contribution in [2.24, 2.45) is 0 Å². The molecule has 2 aromatic carbocycles. The Morgan fingerprint density at radius 2 is 1.85 bits per heavy atom. The lowest BCUT2D eigenvalue weighted by Gasteiger charge is -2.34. The highest BCUT2D eigenvalue weighted by Crippen LogP contribution is 2.27. The third kappa shape index (κ3) is 4.80. The van der Waals surface area contributed by atoms with Gasteiger partial charge in [0, 0.05) is 29.2 Å². The molecule has 1 saturated heterocycles. The number of benzene rings is 2. The lowest BCUT2D eigenvalue weighted by Crippen LogP contribution is -2.50. The van der Waals surface area contributed by atoms with Crippen LogP contribution in [0.3, 0.4) is 0 Å². The molecular weight excluding hydrogens is 408 g/mol. The number of alkyl carbamates (subject to hydrolysis) is 1. The van der Waals surface area contributed by atoms with Gasteiger partial charge >= 0.3 is 6.09 Å². The molecule has 0 spiro atoms. The zero-order valence-corrected chi connectivity index (χ0v) is 17.5. The molecule has 0 bridgehead atoms. The van der Waals surface area contributed by atoms with Gasteiger partial charge in [0.05, 0.1) is 0 Å². The zero-order chi connectivity index (χ0) is 19.6. The van der Waals surface area contributed by atoms with Crippen molar-refractivity contribution in [1.82, 2.24) is 10.2 Å². The number of rotatable bonds is 2. The van der Waals surface area contributed by atoms with Gasteiger partial charge in [-0.2, -0.15) is 0 Å². The van der Waals surface area contributed by atoms with Crippen LogP contribution in [0.5, 0.6) is 0 Å². The molecule has 2 aromatic rings. The summed E-state index contributed by atoms with van der Waals surface area (Å²) >= 11 is 3.55. The fourth-order valence-corrected chi connectivity index (χ4v) is 3.88. The van der Waals surface area contributed by atoms with Crippen LogP contribution in [0.25, 0.3) is 10.8 Å². The number of carbonyl (C=O) groups excluding carboxylic acids is 2. The van der Waals surface area contributed by atoms with Gasteiger partial charge in [-0.1, -0.05) is 40.2 Å². The Kier molecular flexibility index (Phi) is 5.75. The van der Waals surface area contributed by atoms with Gasteiger partial charge in [0.1, 0.15) is 5.60 Å². The van der Waals surface area contributed by atoms with E-state index in [0.717, 1.165) is 28.1 Å². The number of ether oxygens (including phenoxy) is 1. The first-order valence-electron chi connectivity index (χ1n) is 9.20. The first-order valence-corrected chi connectivity index (χ1v) is 10.00. The molecule has 1 N–H and O–H groups in total. The fourth-order valence-electron chi connectivity index (χ4n) is 3.38. The van der Waals surface area contributed by atoms with Gasteiger partial charge in [-0.15, -0.1) is 0 Å². The lowest BCUT2D eigenvalue weighted by molar-refractivity contribution is 0.0452. The lowest BCUT2D eigenvalue weighted by atomic mass is 10.0. The van der Waals surface area contributed by atoms with E-state index in [1.807, 2.05) is 62.1 Å². The minimum absolute atomic E-state index is 0.00520. The summed E-state index contributed by atoms with van der Waals surface area (Å²) in [7, 11) is 0. The third-order valence-corrected chi connectivity index (χ3v) is 5.22. The van der Waals surface area contributed by atoms with Crippen LogP contribution in [0.15, 0.2) is 40.9 Å². The van der Waals surface area contributed by atoms with E-state index in [0.29, 0.717) is 18.7 Å². The number of carbonyl (C=O) groups is 2. The Hall–Kier alpha value is -2.08. The Bertz CT molecular complexity index is 860. The van der Waals surface area contributed by atoms with Crippen LogP contribution in [0, 0.1) is 0 Å². The number of nitrogens with zero attached hydrogens (tertiary/aromatic N) is 1. The van der Waals surface area contributed by atoms with Crippen molar-refractivity contribution in [2.45, 2.75) is 45.3 Å². The Morgan fingerprint density at radius 3 is 2.59 bits per heavy atom. The average molecular weight is 433 g/mol. The number of likely N-dealkylation sites (tertiary alicyclic amines) is 1. The molecule has 0 saturated carbocycles. The molecule has 144 valence electrons. The SMILES string of the molecule is CC(C)(C)OC(=O)N[C@H]1CCCN(C(=O)c2cccc3c(Br)cccc23)C1. The quantitative estimate of drug-likeness (QED) is 0.745. The van der Waals surface area contributed by atoms with Crippen molar-refractivity contribution >= 4 is 38.7 Å². The van der Waals surface area contributed by atoms with Gasteiger partial charge in [0.15, 0.2) is 0 Å². The molecule has 1 atom stereocenters. The van der Waals surface area contributed by atoms with Crippen LogP contribution in [0.1, 0.15) is 44.0 Å². The summed E-state index contributed by atoms with van der Waals surface area (Å²) < 4.78 is 6.30. The Balaban J connectivity index is 1.74. The van der Waals surface area contributed by atoms with E-state index in [-0.39, 0.29) is 11.9 Å². The maximum atomic E-state index is 13.2. The minimum Gasteiger partial charge on any atom is -0.444 e. The molecule has 1 aliphatic heterocycles. The number of hydrogen-bond acceptors (Lipinski definition) is 3. The third-order valence-electron chi connectivity index (χ3n) is 4.53. The van der Waals surface area contributed by atoms with Crippen LogP contribution in [-0.2, 0) is 4.74 Å². The second-order valence-corrected chi connectivity index (χ2v) is 8.73. The van der Waals surface area contributed by atoms with E-state index in [2.05, 4.69) is 21.2 Å². The van der Waals surface area contributed by atoms with E-state index in [1.165, 1.54) is 0 Å². The maximum absolute atomic E-state index is 13.2. The fraction of sp³-hybridized carbons (Fsp3) is 0.429. The summed E-state index contributed by atoms with van der Waals surface area (Å²) in [4.78, 5) is 27.0. The largest absolute Gasteiger partial charge is 0.444 e. The number of fused-ring (bicyclic) bond motifs is 1. The highest BCUT2D eigenvalue weighted by atomic mass is 79.9. The van der Waals surface area contributed by atoms with E-state index in [9.17, 15) is 9.59 Å². The van der Waals surface area contributed by atoms with Crippen LogP contribution in [0.2, 0.25) is 0 Å².